The van der Waals surface area contributed by atoms with Crippen molar-refractivity contribution in [2.24, 2.45) is 0 Å². The highest BCUT2D eigenvalue weighted by Gasteiger charge is 1.69. The fraction of sp³-hybridized carbons (Fsp3) is 0.0526. The third-order valence-electron chi connectivity index (χ3n) is 2.27. The second-order valence-electron chi connectivity index (χ2n) is 3.96. The lowest BCUT2D eigenvalue weighted by molar-refractivity contribution is 1.50. The minimum absolute atomic E-state index is 1.22. The van der Waals surface area contributed by atoms with Gasteiger partial charge in [-0.15, -0.1) is 0 Å². The molecule has 0 saturated carbocycles. The summed E-state index contributed by atoms with van der Waals surface area (Å²) in [5.74, 6) is 0. The van der Waals surface area contributed by atoms with Gasteiger partial charge in [0, 0.05) is 0 Å². The Kier molecular flexibility index (Phi) is 8.36. The number of aryl methyl sites for hydroxylation is 1. The van der Waals surface area contributed by atoms with Gasteiger partial charge in [-0.2, -0.15) is 0 Å². The molecule has 1 aromatic rings. The van der Waals surface area contributed by atoms with Crippen molar-refractivity contribution in [3.8, 4) is 0 Å². The van der Waals surface area contributed by atoms with E-state index in [1.165, 1.54) is 5.56 Å². The number of hydrogen-bond acceptors (Lipinski definition) is 0. The predicted molar refractivity (Wildman–Crippen MR) is 84.1 cm³/mol. The van der Waals surface area contributed by atoms with Crippen molar-refractivity contribution in [2.45, 2.75) is 6.92 Å². The molecule has 0 bridgehead atoms. The van der Waals surface area contributed by atoms with Crippen LogP contribution in [0.1, 0.15) is 5.56 Å². The smallest absolute Gasteiger partial charge is 0.0398 e. The fourth-order valence-electron chi connectivity index (χ4n) is 1.30. The molecule has 0 unspecified atom stereocenters. The zero-order valence-corrected chi connectivity index (χ0v) is 11.3. The Morgan fingerprint density at radius 1 is 0.368 bits per heavy atom. The Balaban J connectivity index is 3.10. The standard InChI is InChI=1S/C19H20/c1-19-17-15-13-11-9-7-5-3-2-4-6-8-10-12-14-16-18-19/h2-18H,1H3. The SMILES string of the molecule is Cc1ccccccccccccccccc1. The quantitative estimate of drug-likeness (QED) is 0.579. The molecule has 0 aliphatic rings. The Bertz CT molecular complexity index is 483. The van der Waals surface area contributed by atoms with Crippen LogP contribution >= 0.6 is 0 Å². The third-order valence-corrected chi connectivity index (χ3v) is 2.27. The highest BCUT2D eigenvalue weighted by Crippen LogP contribution is 1.89. The van der Waals surface area contributed by atoms with Gasteiger partial charge in [-0.05, 0) is 6.92 Å². The molecule has 0 aliphatic carbocycles. The molecule has 19 heavy (non-hydrogen) atoms. The number of rotatable bonds is 0. The van der Waals surface area contributed by atoms with Gasteiger partial charge in [0.25, 0.3) is 0 Å². The van der Waals surface area contributed by atoms with Crippen LogP contribution in [0.25, 0.3) is 0 Å². The Hall–Kier alpha value is -2.34. The van der Waals surface area contributed by atoms with Crippen LogP contribution in [0.3, 0.4) is 0 Å². The molecule has 0 nitrogen and oxygen atoms in total. The van der Waals surface area contributed by atoms with E-state index in [1.807, 2.05) is 91.0 Å². The molecule has 0 amide bonds. The molecular formula is C19H20. The third kappa shape index (κ3) is 9.37. The topological polar surface area (TPSA) is 0 Å². The van der Waals surface area contributed by atoms with Gasteiger partial charge in [0.15, 0.2) is 0 Å². The number of hydrogen-bond donors (Lipinski definition) is 0. The second kappa shape index (κ2) is 10.8. The van der Waals surface area contributed by atoms with Crippen molar-refractivity contribution in [3.05, 3.63) is 109 Å². The van der Waals surface area contributed by atoms with E-state index in [0.29, 0.717) is 0 Å². The van der Waals surface area contributed by atoms with Crippen molar-refractivity contribution < 1.29 is 0 Å². The van der Waals surface area contributed by atoms with Gasteiger partial charge in [0.1, 0.15) is 0 Å². The van der Waals surface area contributed by atoms with Gasteiger partial charge in [-0.25, -0.2) is 0 Å². The molecule has 0 heterocycles. The van der Waals surface area contributed by atoms with Crippen molar-refractivity contribution in [1.82, 2.24) is 0 Å². The average molecular weight is 248 g/mol. The van der Waals surface area contributed by atoms with E-state index in [-0.39, 0.29) is 0 Å². The molecule has 0 N–H and O–H groups in total. The maximum atomic E-state index is 2.08. The molecular weight excluding hydrogens is 228 g/mol. The highest BCUT2D eigenvalue weighted by atomic mass is 13.8. The molecule has 0 aliphatic heterocycles. The van der Waals surface area contributed by atoms with Gasteiger partial charge >= 0.3 is 0 Å². The van der Waals surface area contributed by atoms with Gasteiger partial charge < -0.3 is 0 Å². The summed E-state index contributed by atoms with van der Waals surface area (Å²) < 4.78 is 0. The lowest BCUT2D eigenvalue weighted by atomic mass is 10.3. The van der Waals surface area contributed by atoms with Gasteiger partial charge in [0.2, 0.25) is 0 Å². The fourth-order valence-corrected chi connectivity index (χ4v) is 1.30. The first-order valence-electron chi connectivity index (χ1n) is 6.41. The summed E-state index contributed by atoms with van der Waals surface area (Å²) >= 11 is 0. The van der Waals surface area contributed by atoms with Gasteiger partial charge in [-0.3, -0.25) is 0 Å². The van der Waals surface area contributed by atoms with Crippen LogP contribution in [0.4, 0.5) is 0 Å². The first kappa shape index (κ1) is 14.7. The van der Waals surface area contributed by atoms with Crippen molar-refractivity contribution in [3.63, 3.8) is 0 Å². The van der Waals surface area contributed by atoms with E-state index in [1.54, 1.807) is 0 Å². The van der Waals surface area contributed by atoms with Gasteiger partial charge in [-0.1, -0.05) is 109 Å². The molecule has 0 heteroatoms. The highest BCUT2D eigenvalue weighted by molar-refractivity contribution is 5.08. The van der Waals surface area contributed by atoms with Crippen LogP contribution in [-0.4, -0.2) is 0 Å². The lowest BCUT2D eigenvalue weighted by Gasteiger charge is -1.79. The Morgan fingerprint density at radius 3 is 0.842 bits per heavy atom. The largest absolute Gasteiger partial charge is 0.0623 e. The summed E-state index contributed by atoms with van der Waals surface area (Å²) in [4.78, 5) is 0. The zero-order valence-electron chi connectivity index (χ0n) is 11.3. The van der Waals surface area contributed by atoms with E-state index < -0.39 is 0 Å². The summed E-state index contributed by atoms with van der Waals surface area (Å²) in [6.07, 6.45) is 0. The molecule has 0 radical (unpaired) electrons. The van der Waals surface area contributed by atoms with E-state index in [4.69, 9.17) is 0 Å². The van der Waals surface area contributed by atoms with E-state index in [2.05, 4.69) is 19.1 Å². The monoisotopic (exact) mass is 248 g/mol. The molecule has 0 spiro atoms. The minimum atomic E-state index is 1.22. The molecule has 0 atom stereocenters. The predicted octanol–water partition coefficient (Wildman–Crippen LogP) is 5.37. The first-order valence-corrected chi connectivity index (χ1v) is 6.41. The zero-order chi connectivity index (χ0) is 13.6. The maximum absolute atomic E-state index is 2.08. The van der Waals surface area contributed by atoms with Crippen LogP contribution in [0, 0.1) is 6.92 Å². The summed E-state index contributed by atoms with van der Waals surface area (Å²) in [6.45, 7) is 2.08. The second-order valence-corrected chi connectivity index (χ2v) is 3.96. The minimum Gasteiger partial charge on any atom is -0.0623 e. The van der Waals surface area contributed by atoms with Crippen LogP contribution < -0.4 is 0 Å². The lowest BCUT2D eigenvalue weighted by Crippen LogP contribution is -1.59. The summed E-state index contributed by atoms with van der Waals surface area (Å²) in [7, 11) is 0. The van der Waals surface area contributed by atoms with Crippen LogP contribution in [0.2, 0.25) is 0 Å². The van der Waals surface area contributed by atoms with Gasteiger partial charge in [0.05, 0.1) is 0 Å². The van der Waals surface area contributed by atoms with Crippen molar-refractivity contribution in [2.75, 3.05) is 0 Å². The van der Waals surface area contributed by atoms with Crippen LogP contribution in [0.15, 0.2) is 103 Å². The van der Waals surface area contributed by atoms with E-state index in [9.17, 15) is 0 Å². The average Bonchev–Trinajstić information content (AvgIpc) is 2.41. The molecule has 1 rings (SSSR count). The molecule has 0 saturated heterocycles. The van der Waals surface area contributed by atoms with Crippen molar-refractivity contribution >= 4 is 0 Å². The Morgan fingerprint density at radius 2 is 0.579 bits per heavy atom. The summed E-state index contributed by atoms with van der Waals surface area (Å²) in [5, 5.41) is 0. The maximum Gasteiger partial charge on any atom is -0.0398 e. The van der Waals surface area contributed by atoms with E-state index >= 15 is 0 Å². The van der Waals surface area contributed by atoms with Crippen molar-refractivity contribution in [1.29, 1.82) is 0 Å². The normalized spacial score (nSPS) is 8.26. The molecule has 0 aromatic heterocycles. The van der Waals surface area contributed by atoms with Crippen LogP contribution in [-0.2, 0) is 0 Å². The summed E-state index contributed by atoms with van der Waals surface area (Å²) in [6, 6.07) is 34.4. The van der Waals surface area contributed by atoms with Crippen LogP contribution in [0.5, 0.6) is 0 Å². The first-order chi connectivity index (χ1) is 9.39. The molecule has 1 aromatic carbocycles. The Labute approximate surface area is 116 Å². The molecule has 0 fully saturated rings. The van der Waals surface area contributed by atoms with E-state index in [0.717, 1.165) is 0 Å². The summed E-state index contributed by atoms with van der Waals surface area (Å²) in [5.41, 5.74) is 1.22. The molecule has 96 valence electrons.